The molecule has 2 heterocycles. The van der Waals surface area contributed by atoms with Gasteiger partial charge in [0.2, 0.25) is 17.6 Å². The van der Waals surface area contributed by atoms with Crippen molar-refractivity contribution in [3.8, 4) is 0 Å². The summed E-state index contributed by atoms with van der Waals surface area (Å²) < 4.78 is 25.3. The Morgan fingerprint density at radius 2 is 1.58 bits per heavy atom. The van der Waals surface area contributed by atoms with Gasteiger partial charge in [-0.3, -0.25) is 9.59 Å². The summed E-state index contributed by atoms with van der Waals surface area (Å²) in [5.74, 6) is -2.02. The molecule has 7 rings (SSSR count). The minimum Gasteiger partial charge on any atom is -0.456 e. The molecular formula is C40H42N2O8. The summed E-state index contributed by atoms with van der Waals surface area (Å²) in [6, 6.07) is 26.4. The lowest BCUT2D eigenvalue weighted by molar-refractivity contribution is -0.157. The van der Waals surface area contributed by atoms with Gasteiger partial charge in [0.15, 0.2) is 0 Å². The molecule has 50 heavy (non-hydrogen) atoms. The molecule has 260 valence electrons. The topological polar surface area (TPSA) is 136 Å². The highest BCUT2D eigenvalue weighted by molar-refractivity contribution is 5.94. The molecule has 0 bridgehead atoms. The summed E-state index contributed by atoms with van der Waals surface area (Å²) in [6.07, 6.45) is 8.10. The zero-order valence-electron chi connectivity index (χ0n) is 27.7. The van der Waals surface area contributed by atoms with E-state index in [1.165, 1.54) is 0 Å². The van der Waals surface area contributed by atoms with Crippen LogP contribution < -0.4 is 10.6 Å². The maximum absolute atomic E-state index is 13.6. The standard InChI is InChI=1S/C40H42N2O8/c43-22-21-41-36(44)19-20-42-38(45)29-24-34(48-39(46)28-16-13-26(14-17-28)11-12-27-15-18-32-33(23-27)47-32)37-35(25-29)49-40(50-37,30-7-3-1-4-8-30)31-9-5-2-6-10-31/h1-14,16-17,25,27,32-35,37,43H,15,18-24H2,(H,41,44)(H,42,45)/t27?,32?,33?,34-,35-,37+/m1/s1. The number of fused-ring (bicyclic) bond motifs is 2. The van der Waals surface area contributed by atoms with Gasteiger partial charge in [-0.1, -0.05) is 84.9 Å². The Labute approximate surface area is 291 Å². The van der Waals surface area contributed by atoms with E-state index in [0.29, 0.717) is 29.3 Å². The number of aliphatic hydroxyl groups excluding tert-OH is 1. The van der Waals surface area contributed by atoms with Crippen molar-refractivity contribution in [2.24, 2.45) is 5.92 Å². The number of nitrogens with one attached hydrogen (secondary N) is 2. The number of aliphatic hydroxyl groups is 1. The highest BCUT2D eigenvalue weighted by atomic mass is 16.8. The van der Waals surface area contributed by atoms with E-state index in [1.807, 2.05) is 72.8 Å². The van der Waals surface area contributed by atoms with Gasteiger partial charge in [0.1, 0.15) is 18.3 Å². The Hall–Kier alpha value is -4.61. The first-order valence-corrected chi connectivity index (χ1v) is 17.4. The van der Waals surface area contributed by atoms with Crippen LogP contribution in [0.1, 0.15) is 59.2 Å². The molecule has 1 saturated carbocycles. The third-order valence-electron chi connectivity index (χ3n) is 9.76. The van der Waals surface area contributed by atoms with Gasteiger partial charge >= 0.3 is 5.97 Å². The Kier molecular flexibility index (Phi) is 10.2. The molecule has 2 saturated heterocycles. The molecule has 4 aliphatic rings. The van der Waals surface area contributed by atoms with Crippen molar-refractivity contribution in [3.05, 3.63) is 125 Å². The average molecular weight is 679 g/mol. The van der Waals surface area contributed by atoms with Gasteiger partial charge in [-0.2, -0.15) is 0 Å². The van der Waals surface area contributed by atoms with Gasteiger partial charge in [0, 0.05) is 42.6 Å². The second kappa shape index (κ2) is 15.1. The molecule has 0 aromatic heterocycles. The largest absolute Gasteiger partial charge is 0.456 e. The molecule has 0 radical (unpaired) electrons. The fourth-order valence-corrected chi connectivity index (χ4v) is 7.07. The minimum absolute atomic E-state index is 0.0511. The summed E-state index contributed by atoms with van der Waals surface area (Å²) in [6.45, 7) is 0.0752. The van der Waals surface area contributed by atoms with Crippen LogP contribution in [0.2, 0.25) is 0 Å². The number of hydrogen-bond donors (Lipinski definition) is 3. The fourth-order valence-electron chi connectivity index (χ4n) is 7.07. The number of amides is 2. The molecule has 2 amide bonds. The van der Waals surface area contributed by atoms with Crippen molar-refractivity contribution in [2.45, 2.75) is 68.4 Å². The molecule has 2 aliphatic carbocycles. The number of carbonyl (C=O) groups is 3. The SMILES string of the molecule is O=C(CCNC(=O)C1=C[C@H]2OC(c3ccccc3)(c3ccccc3)O[C@H]2[C@H](OC(=O)c2ccc(C=CC3CCC4OC4C3)cc2)C1)NCCO. The van der Waals surface area contributed by atoms with Crippen LogP contribution in [0.3, 0.4) is 0 Å². The molecule has 6 atom stereocenters. The summed E-state index contributed by atoms with van der Waals surface area (Å²) >= 11 is 0. The zero-order chi connectivity index (χ0) is 34.5. The number of ether oxygens (including phenoxy) is 4. The summed E-state index contributed by atoms with van der Waals surface area (Å²) in [7, 11) is 0. The lowest BCUT2D eigenvalue weighted by Gasteiger charge is -2.31. The van der Waals surface area contributed by atoms with Crippen molar-refractivity contribution < 1.29 is 38.4 Å². The van der Waals surface area contributed by atoms with Crippen LogP contribution in [-0.2, 0) is 34.3 Å². The van der Waals surface area contributed by atoms with Crippen molar-refractivity contribution in [1.82, 2.24) is 10.6 Å². The van der Waals surface area contributed by atoms with Gasteiger partial charge in [0.05, 0.1) is 24.4 Å². The van der Waals surface area contributed by atoms with Crippen LogP contribution in [0, 0.1) is 5.92 Å². The highest BCUT2D eigenvalue weighted by Crippen LogP contribution is 2.47. The Morgan fingerprint density at radius 3 is 2.26 bits per heavy atom. The lowest BCUT2D eigenvalue weighted by Crippen LogP contribution is -2.44. The Bertz CT molecular complexity index is 1690. The van der Waals surface area contributed by atoms with Crippen LogP contribution in [0.4, 0.5) is 0 Å². The highest BCUT2D eigenvalue weighted by Gasteiger charge is 2.55. The summed E-state index contributed by atoms with van der Waals surface area (Å²) in [4.78, 5) is 39.1. The van der Waals surface area contributed by atoms with Gasteiger partial charge in [-0.15, -0.1) is 0 Å². The zero-order valence-corrected chi connectivity index (χ0v) is 27.7. The molecule has 3 fully saturated rings. The number of allylic oxidation sites excluding steroid dienone is 1. The molecule has 3 aromatic rings. The van der Waals surface area contributed by atoms with E-state index in [9.17, 15) is 14.4 Å². The maximum Gasteiger partial charge on any atom is 0.338 e. The second-order valence-electron chi connectivity index (χ2n) is 13.2. The number of esters is 1. The monoisotopic (exact) mass is 678 g/mol. The Morgan fingerprint density at radius 1 is 0.860 bits per heavy atom. The van der Waals surface area contributed by atoms with Gasteiger partial charge in [0.25, 0.3) is 0 Å². The number of carbonyl (C=O) groups excluding carboxylic acids is 3. The molecule has 3 aromatic carbocycles. The quantitative estimate of drug-likeness (QED) is 0.189. The van der Waals surface area contributed by atoms with Gasteiger partial charge < -0.3 is 34.7 Å². The van der Waals surface area contributed by atoms with E-state index in [-0.39, 0.29) is 38.4 Å². The molecule has 3 N–H and O–H groups in total. The molecular weight excluding hydrogens is 636 g/mol. The van der Waals surface area contributed by atoms with E-state index in [2.05, 4.69) is 22.8 Å². The first-order valence-electron chi connectivity index (χ1n) is 17.4. The van der Waals surface area contributed by atoms with Crippen molar-refractivity contribution in [1.29, 1.82) is 0 Å². The van der Waals surface area contributed by atoms with E-state index in [4.69, 9.17) is 24.1 Å². The smallest absolute Gasteiger partial charge is 0.338 e. The molecule has 2 aliphatic heterocycles. The van der Waals surface area contributed by atoms with Crippen molar-refractivity contribution in [2.75, 3.05) is 19.7 Å². The fraction of sp³-hybridized carbons (Fsp3) is 0.375. The van der Waals surface area contributed by atoms with E-state index in [0.717, 1.165) is 36.0 Å². The van der Waals surface area contributed by atoms with Gasteiger partial charge in [-0.25, -0.2) is 4.79 Å². The number of epoxide rings is 1. The predicted octanol–water partition coefficient (Wildman–Crippen LogP) is 4.42. The third kappa shape index (κ3) is 7.58. The Balaban J connectivity index is 1.10. The predicted molar refractivity (Wildman–Crippen MR) is 185 cm³/mol. The van der Waals surface area contributed by atoms with Gasteiger partial charge in [-0.05, 0) is 49.0 Å². The number of rotatable bonds is 12. The minimum atomic E-state index is -1.31. The second-order valence-corrected chi connectivity index (χ2v) is 13.2. The van der Waals surface area contributed by atoms with Crippen molar-refractivity contribution in [3.63, 3.8) is 0 Å². The van der Waals surface area contributed by atoms with E-state index in [1.54, 1.807) is 18.2 Å². The molecule has 10 heteroatoms. The van der Waals surface area contributed by atoms with E-state index < -0.39 is 36.0 Å². The lowest BCUT2D eigenvalue weighted by atomic mass is 9.89. The van der Waals surface area contributed by atoms with Crippen LogP contribution in [0.15, 0.2) is 103 Å². The average Bonchev–Trinajstić information content (AvgIpc) is 3.82. The molecule has 0 spiro atoms. The van der Waals surface area contributed by atoms with Crippen molar-refractivity contribution >= 4 is 23.9 Å². The summed E-state index contributed by atoms with van der Waals surface area (Å²) in [5.41, 5.74) is 3.27. The normalized spacial score (nSPS) is 26.3. The van der Waals surface area contributed by atoms with Crippen LogP contribution in [0.5, 0.6) is 0 Å². The first-order chi connectivity index (χ1) is 24.4. The van der Waals surface area contributed by atoms with Crippen LogP contribution >= 0.6 is 0 Å². The number of benzene rings is 3. The number of hydrogen-bond acceptors (Lipinski definition) is 8. The van der Waals surface area contributed by atoms with E-state index >= 15 is 0 Å². The maximum atomic E-state index is 13.6. The summed E-state index contributed by atoms with van der Waals surface area (Å²) in [5, 5.41) is 14.3. The molecule has 3 unspecified atom stereocenters. The third-order valence-corrected chi connectivity index (χ3v) is 9.76. The van der Waals surface area contributed by atoms with Crippen LogP contribution in [0.25, 0.3) is 6.08 Å². The van der Waals surface area contributed by atoms with Crippen LogP contribution in [-0.4, -0.2) is 73.1 Å². The molecule has 10 nitrogen and oxygen atoms in total. The first kappa shape index (κ1) is 33.9.